The molecule has 0 atom stereocenters. The van der Waals surface area contributed by atoms with Crippen LogP contribution in [0.2, 0.25) is 0 Å². The highest BCUT2D eigenvalue weighted by Crippen LogP contribution is 1.99. The summed E-state index contributed by atoms with van der Waals surface area (Å²) in [5.74, 6) is 0. The van der Waals surface area contributed by atoms with E-state index in [1.54, 1.807) is 18.3 Å². The largest absolute Gasteiger partial charge is 0.353 e. The van der Waals surface area contributed by atoms with Crippen LogP contribution in [0.1, 0.15) is 5.56 Å². The van der Waals surface area contributed by atoms with Crippen LogP contribution in [0.3, 0.4) is 0 Å². The minimum absolute atomic E-state index is 0.486. The number of alkyl halides is 1. The van der Waals surface area contributed by atoms with E-state index in [2.05, 4.69) is 4.98 Å². The fraction of sp³-hybridized carbons (Fsp3) is 0.167. The van der Waals surface area contributed by atoms with Crippen LogP contribution in [-0.2, 0) is 6.67 Å². The summed E-state index contributed by atoms with van der Waals surface area (Å²) in [6.07, 6.45) is 1.68. The Balaban J connectivity index is 3.16. The number of aromatic amines is 1. The van der Waals surface area contributed by atoms with Gasteiger partial charge in [-0.05, 0) is 6.07 Å². The summed E-state index contributed by atoms with van der Waals surface area (Å²) >= 11 is 4.76. The highest BCUT2D eigenvalue weighted by molar-refractivity contribution is 7.71. The first-order valence-electron chi connectivity index (χ1n) is 2.57. The first-order valence-corrected chi connectivity index (χ1v) is 2.98. The second-order valence-electron chi connectivity index (χ2n) is 1.66. The molecule has 1 nitrogen and oxygen atoms in total. The Morgan fingerprint density at radius 2 is 2.44 bits per heavy atom. The molecule has 0 saturated carbocycles. The van der Waals surface area contributed by atoms with E-state index in [1.165, 1.54) is 0 Å². The van der Waals surface area contributed by atoms with Gasteiger partial charge in [0.25, 0.3) is 0 Å². The number of halogens is 1. The summed E-state index contributed by atoms with van der Waals surface area (Å²) in [7, 11) is 0. The number of H-pyrrole nitrogens is 1. The number of nitrogens with one attached hydrogen (secondary N) is 1. The van der Waals surface area contributed by atoms with Gasteiger partial charge in [-0.1, -0.05) is 18.3 Å². The predicted octanol–water partition coefficient (Wildman–Crippen LogP) is 2.21. The zero-order valence-electron chi connectivity index (χ0n) is 4.73. The van der Waals surface area contributed by atoms with Gasteiger partial charge in [-0.25, -0.2) is 4.39 Å². The topological polar surface area (TPSA) is 15.8 Å². The van der Waals surface area contributed by atoms with Crippen LogP contribution in [0.15, 0.2) is 18.3 Å². The first kappa shape index (κ1) is 6.42. The van der Waals surface area contributed by atoms with E-state index in [4.69, 9.17) is 12.2 Å². The molecule has 1 aromatic heterocycles. The fourth-order valence-electron chi connectivity index (χ4n) is 0.562. The standard InChI is InChI=1S/C6H6FNS/c7-4-5-2-1-3-8-6(5)9/h1-3H,4H2,(H,8,9). The summed E-state index contributed by atoms with van der Waals surface area (Å²) in [5.41, 5.74) is 0.549. The van der Waals surface area contributed by atoms with Crippen molar-refractivity contribution in [2.75, 3.05) is 0 Å². The molecule has 1 rings (SSSR count). The van der Waals surface area contributed by atoms with Crippen LogP contribution in [-0.4, -0.2) is 4.98 Å². The van der Waals surface area contributed by atoms with Gasteiger partial charge < -0.3 is 4.98 Å². The van der Waals surface area contributed by atoms with Crippen molar-refractivity contribution in [1.82, 2.24) is 4.98 Å². The Morgan fingerprint density at radius 1 is 1.67 bits per heavy atom. The van der Waals surface area contributed by atoms with Crippen LogP contribution in [0, 0.1) is 4.64 Å². The first-order chi connectivity index (χ1) is 4.34. The molecule has 0 amide bonds. The van der Waals surface area contributed by atoms with Gasteiger partial charge in [0.15, 0.2) is 0 Å². The molecular formula is C6H6FNS. The third-order valence-corrected chi connectivity index (χ3v) is 1.42. The average molecular weight is 143 g/mol. The van der Waals surface area contributed by atoms with E-state index in [9.17, 15) is 4.39 Å². The third-order valence-electron chi connectivity index (χ3n) is 1.04. The number of pyridine rings is 1. The molecule has 0 aliphatic heterocycles. The lowest BCUT2D eigenvalue weighted by Gasteiger charge is -1.90. The minimum atomic E-state index is -0.490. The van der Waals surface area contributed by atoms with Gasteiger partial charge in [-0.2, -0.15) is 0 Å². The molecule has 9 heavy (non-hydrogen) atoms. The van der Waals surface area contributed by atoms with Gasteiger partial charge >= 0.3 is 0 Å². The second kappa shape index (κ2) is 2.73. The molecular weight excluding hydrogens is 137 g/mol. The molecule has 0 saturated heterocycles. The minimum Gasteiger partial charge on any atom is -0.353 e. The number of hydrogen-bond acceptors (Lipinski definition) is 1. The van der Waals surface area contributed by atoms with Crippen molar-refractivity contribution in [3.8, 4) is 0 Å². The van der Waals surface area contributed by atoms with Crippen LogP contribution in [0.5, 0.6) is 0 Å². The van der Waals surface area contributed by atoms with Crippen molar-refractivity contribution in [1.29, 1.82) is 0 Å². The number of hydrogen-bond donors (Lipinski definition) is 1. The zero-order chi connectivity index (χ0) is 6.69. The van der Waals surface area contributed by atoms with Crippen LogP contribution in [0.25, 0.3) is 0 Å². The molecule has 0 bridgehead atoms. The Morgan fingerprint density at radius 3 is 2.89 bits per heavy atom. The van der Waals surface area contributed by atoms with Gasteiger partial charge in [-0.15, -0.1) is 0 Å². The Kier molecular flexibility index (Phi) is 1.95. The van der Waals surface area contributed by atoms with E-state index in [-0.39, 0.29) is 0 Å². The van der Waals surface area contributed by atoms with Crippen molar-refractivity contribution in [2.45, 2.75) is 6.67 Å². The molecule has 0 spiro atoms. The van der Waals surface area contributed by atoms with E-state index >= 15 is 0 Å². The monoisotopic (exact) mass is 143 g/mol. The lowest BCUT2D eigenvalue weighted by Crippen LogP contribution is -1.81. The molecule has 3 heteroatoms. The number of aromatic nitrogens is 1. The van der Waals surface area contributed by atoms with Gasteiger partial charge in [-0.3, -0.25) is 0 Å². The summed E-state index contributed by atoms with van der Waals surface area (Å²) in [6.45, 7) is -0.490. The van der Waals surface area contributed by atoms with Gasteiger partial charge in [0, 0.05) is 11.8 Å². The summed E-state index contributed by atoms with van der Waals surface area (Å²) in [4.78, 5) is 2.73. The van der Waals surface area contributed by atoms with Crippen molar-refractivity contribution >= 4 is 12.2 Å². The maximum atomic E-state index is 11.9. The zero-order valence-corrected chi connectivity index (χ0v) is 5.54. The predicted molar refractivity (Wildman–Crippen MR) is 36.4 cm³/mol. The molecule has 0 aliphatic carbocycles. The molecule has 0 aliphatic rings. The SMILES string of the molecule is FCc1ccc[nH]c1=S. The van der Waals surface area contributed by atoms with Crippen LogP contribution >= 0.6 is 12.2 Å². The molecule has 0 fully saturated rings. The highest BCUT2D eigenvalue weighted by Gasteiger charge is 1.89. The summed E-state index contributed by atoms with van der Waals surface area (Å²) in [5, 5.41) is 0. The maximum Gasteiger partial charge on any atom is 0.117 e. The van der Waals surface area contributed by atoms with Gasteiger partial charge in [0.1, 0.15) is 11.3 Å². The molecule has 0 aromatic carbocycles. The van der Waals surface area contributed by atoms with Crippen LogP contribution in [0.4, 0.5) is 4.39 Å². The van der Waals surface area contributed by atoms with Crippen molar-refractivity contribution < 1.29 is 4.39 Å². The van der Waals surface area contributed by atoms with Gasteiger partial charge in [0.05, 0.1) is 0 Å². The Bertz CT molecular complexity index is 243. The lowest BCUT2D eigenvalue weighted by atomic mass is 10.3. The average Bonchev–Trinajstić information content (AvgIpc) is 1.89. The Labute approximate surface area is 57.5 Å². The fourth-order valence-corrected chi connectivity index (χ4v) is 0.752. The van der Waals surface area contributed by atoms with Crippen molar-refractivity contribution in [3.63, 3.8) is 0 Å². The maximum absolute atomic E-state index is 11.9. The highest BCUT2D eigenvalue weighted by atomic mass is 32.1. The molecule has 0 unspecified atom stereocenters. The molecule has 1 aromatic rings. The lowest BCUT2D eigenvalue weighted by molar-refractivity contribution is 0.483. The van der Waals surface area contributed by atoms with Crippen LogP contribution < -0.4 is 0 Å². The van der Waals surface area contributed by atoms with Crippen molar-refractivity contribution in [2.24, 2.45) is 0 Å². The molecule has 0 radical (unpaired) electrons. The van der Waals surface area contributed by atoms with E-state index in [0.717, 1.165) is 0 Å². The quantitative estimate of drug-likeness (QED) is 0.596. The molecule has 48 valence electrons. The third kappa shape index (κ3) is 1.36. The molecule has 1 heterocycles. The second-order valence-corrected chi connectivity index (χ2v) is 2.07. The van der Waals surface area contributed by atoms with E-state index < -0.39 is 6.67 Å². The summed E-state index contributed by atoms with van der Waals surface area (Å²) in [6, 6.07) is 3.39. The summed E-state index contributed by atoms with van der Waals surface area (Å²) < 4.78 is 12.4. The van der Waals surface area contributed by atoms with Crippen molar-refractivity contribution in [3.05, 3.63) is 28.5 Å². The Hall–Kier alpha value is -0.700. The van der Waals surface area contributed by atoms with Gasteiger partial charge in [0.2, 0.25) is 0 Å². The smallest absolute Gasteiger partial charge is 0.117 e. The normalized spacial score (nSPS) is 9.44. The number of rotatable bonds is 1. The molecule has 1 N–H and O–H groups in total. The van der Waals surface area contributed by atoms with E-state index in [0.29, 0.717) is 10.2 Å². The van der Waals surface area contributed by atoms with E-state index in [1.807, 2.05) is 0 Å².